The lowest BCUT2D eigenvalue weighted by Crippen LogP contribution is -2.60. The van der Waals surface area contributed by atoms with Crippen LogP contribution in [0, 0.1) is 29.6 Å². The SMILES string of the molecule is CC[C@H](C)[C@H](NC(=O)[C@@H](N)Cc1ccccc1)C(=O)N[C@@H](CC(C)C)C(=O)N1CCC[C@H]1C(=O)N[C@H](C(=O)N[C@@H](CC(C)C)C(=O)NCC(=O)N[C@@H](C)C(=O)N[C@H](C(=O)O)C(C)C)C(C)C. The summed E-state index contributed by atoms with van der Waals surface area (Å²) in [6.45, 7) is 19.0. The average Bonchev–Trinajstić information content (AvgIpc) is 3.74. The largest absolute Gasteiger partial charge is 0.480 e. The second-order valence-electron chi connectivity index (χ2n) is 19.0. The highest BCUT2D eigenvalue weighted by Gasteiger charge is 2.41. The van der Waals surface area contributed by atoms with Crippen molar-refractivity contribution in [1.82, 2.24) is 42.1 Å². The van der Waals surface area contributed by atoms with E-state index in [0.29, 0.717) is 19.3 Å². The Bertz CT molecular complexity index is 1830. The molecule has 370 valence electrons. The number of rotatable bonds is 26. The number of nitrogens with zero attached hydrogens (tertiary/aromatic N) is 1. The first-order valence-corrected chi connectivity index (χ1v) is 23.3. The number of amides is 8. The minimum absolute atomic E-state index is 0.0392. The number of nitrogens with two attached hydrogens (primary N) is 1. The molecule has 1 aliphatic rings. The number of carboxylic acid groups (broad SMARTS) is 1. The lowest BCUT2D eigenvalue weighted by Gasteiger charge is -2.32. The Kier molecular flexibility index (Phi) is 23.3. The minimum Gasteiger partial charge on any atom is -0.480 e. The normalized spacial score (nSPS) is 17.4. The summed E-state index contributed by atoms with van der Waals surface area (Å²) in [6.07, 6.45) is 2.04. The summed E-state index contributed by atoms with van der Waals surface area (Å²) in [5.74, 6) is -7.39. The molecule has 0 aromatic heterocycles. The molecule has 1 aromatic rings. The molecular weight excluding hydrogens is 851 g/mol. The third kappa shape index (κ3) is 18.0. The van der Waals surface area contributed by atoms with Crippen LogP contribution in [0.15, 0.2) is 30.3 Å². The number of hydrogen-bond donors (Lipinski definition) is 9. The number of likely N-dealkylation sites (tertiary alicyclic amines) is 1. The predicted octanol–water partition coefficient (Wildman–Crippen LogP) is 1.13. The van der Waals surface area contributed by atoms with Gasteiger partial charge in [-0.2, -0.15) is 0 Å². The minimum atomic E-state index is -1.22. The fourth-order valence-corrected chi connectivity index (χ4v) is 7.57. The maximum atomic E-state index is 14.3. The molecule has 0 bridgehead atoms. The molecule has 0 saturated carbocycles. The molecule has 66 heavy (non-hydrogen) atoms. The summed E-state index contributed by atoms with van der Waals surface area (Å²) in [5, 5.41) is 27.9. The number of hydrogen-bond acceptors (Lipinski definition) is 10. The molecule has 1 aliphatic heterocycles. The van der Waals surface area contributed by atoms with E-state index in [4.69, 9.17) is 5.73 Å². The fraction of sp³-hybridized carbons (Fsp3) is 0.681. The quantitative estimate of drug-likeness (QED) is 0.0635. The smallest absolute Gasteiger partial charge is 0.326 e. The van der Waals surface area contributed by atoms with Crippen LogP contribution in [0.1, 0.15) is 114 Å². The topological polar surface area (TPSA) is 287 Å². The van der Waals surface area contributed by atoms with Crippen LogP contribution in [0.2, 0.25) is 0 Å². The lowest BCUT2D eigenvalue weighted by atomic mass is 9.95. The third-order valence-corrected chi connectivity index (χ3v) is 11.6. The maximum Gasteiger partial charge on any atom is 0.326 e. The Morgan fingerprint density at radius 3 is 1.76 bits per heavy atom. The van der Waals surface area contributed by atoms with Crippen molar-refractivity contribution in [3.05, 3.63) is 35.9 Å². The number of nitrogens with one attached hydrogen (secondary N) is 7. The number of carboxylic acids is 1. The van der Waals surface area contributed by atoms with E-state index in [-0.39, 0.29) is 43.6 Å². The van der Waals surface area contributed by atoms with E-state index in [9.17, 15) is 48.3 Å². The van der Waals surface area contributed by atoms with Gasteiger partial charge in [0.15, 0.2) is 0 Å². The van der Waals surface area contributed by atoms with Crippen molar-refractivity contribution in [2.24, 2.45) is 35.3 Å². The van der Waals surface area contributed by atoms with Gasteiger partial charge in [-0.05, 0) is 74.2 Å². The Balaban J connectivity index is 2.17. The number of carbonyl (C=O) groups is 9. The molecule has 1 heterocycles. The van der Waals surface area contributed by atoms with Gasteiger partial charge in [0.2, 0.25) is 47.3 Å². The zero-order valence-corrected chi connectivity index (χ0v) is 40.7. The van der Waals surface area contributed by atoms with Crippen molar-refractivity contribution in [3.8, 4) is 0 Å². The Morgan fingerprint density at radius 1 is 0.667 bits per heavy atom. The summed E-state index contributed by atoms with van der Waals surface area (Å²) >= 11 is 0. The zero-order chi connectivity index (χ0) is 50.0. The molecule has 10 N–H and O–H groups in total. The molecule has 19 nitrogen and oxygen atoms in total. The molecule has 1 saturated heterocycles. The molecule has 0 unspecified atom stereocenters. The van der Waals surface area contributed by atoms with Gasteiger partial charge < -0.3 is 53.0 Å². The van der Waals surface area contributed by atoms with Gasteiger partial charge in [0.05, 0.1) is 12.6 Å². The Morgan fingerprint density at radius 2 is 1.21 bits per heavy atom. The Hall–Kier alpha value is -5.59. The van der Waals surface area contributed by atoms with Crippen LogP contribution in [-0.4, -0.2) is 125 Å². The van der Waals surface area contributed by atoms with Crippen molar-refractivity contribution in [2.75, 3.05) is 13.1 Å². The standard InChI is InChI=1S/C47H77N9O10/c1-12-29(10)39(55-41(59)32(48)23-31-17-14-13-15-18-31)45(63)52-34(22-26(4)5)46(64)56-20-16-19-35(56)43(61)53-37(27(6)7)44(62)51-33(21-25(2)3)42(60)49-24-36(57)50-30(11)40(58)54-38(28(8)9)47(65)66/h13-15,17-18,25-30,32-35,37-39H,12,16,19-24,48H2,1-11H3,(H,49,60)(H,50,57)(H,51,62)(H,52,63)(H,53,61)(H,54,58)(H,55,59)(H,65,66)/t29-,30-,32-,33-,34-,35-,37-,38-,39-/m0/s1. The van der Waals surface area contributed by atoms with Crippen LogP contribution in [-0.2, 0) is 49.6 Å². The van der Waals surface area contributed by atoms with Gasteiger partial charge in [-0.15, -0.1) is 0 Å². The lowest BCUT2D eigenvalue weighted by molar-refractivity contribution is -0.143. The molecule has 8 amide bonds. The van der Waals surface area contributed by atoms with Gasteiger partial charge in [-0.3, -0.25) is 38.4 Å². The van der Waals surface area contributed by atoms with Gasteiger partial charge in [0.25, 0.3) is 0 Å². The van der Waals surface area contributed by atoms with E-state index in [1.165, 1.54) is 11.8 Å². The van der Waals surface area contributed by atoms with Crippen LogP contribution in [0.4, 0.5) is 0 Å². The monoisotopic (exact) mass is 928 g/mol. The van der Waals surface area contributed by atoms with Crippen molar-refractivity contribution in [1.29, 1.82) is 0 Å². The van der Waals surface area contributed by atoms with E-state index in [2.05, 4.69) is 37.2 Å². The Labute approximate surface area is 390 Å². The molecule has 1 aromatic carbocycles. The van der Waals surface area contributed by atoms with E-state index < -0.39 is 120 Å². The van der Waals surface area contributed by atoms with Gasteiger partial charge in [-0.1, -0.05) is 106 Å². The van der Waals surface area contributed by atoms with E-state index in [1.807, 2.05) is 71.9 Å². The van der Waals surface area contributed by atoms with Crippen LogP contribution in [0.5, 0.6) is 0 Å². The summed E-state index contributed by atoms with van der Waals surface area (Å²) in [4.78, 5) is 121. The third-order valence-electron chi connectivity index (χ3n) is 11.6. The predicted molar refractivity (Wildman–Crippen MR) is 249 cm³/mol. The van der Waals surface area contributed by atoms with Crippen molar-refractivity contribution >= 4 is 53.2 Å². The highest BCUT2D eigenvalue weighted by atomic mass is 16.4. The summed E-state index contributed by atoms with van der Waals surface area (Å²) in [6, 6.07) is 0.885. The molecule has 0 spiro atoms. The fourth-order valence-electron chi connectivity index (χ4n) is 7.57. The second-order valence-corrected chi connectivity index (χ2v) is 19.0. The first-order valence-electron chi connectivity index (χ1n) is 23.3. The molecule has 1 fully saturated rings. The summed E-state index contributed by atoms with van der Waals surface area (Å²) in [7, 11) is 0. The molecule has 9 atom stereocenters. The van der Waals surface area contributed by atoms with E-state index in [1.54, 1.807) is 27.7 Å². The first-order chi connectivity index (χ1) is 30.9. The number of aliphatic carboxylic acids is 1. The molecule has 0 radical (unpaired) electrons. The van der Waals surface area contributed by atoms with Gasteiger partial charge in [0, 0.05) is 6.54 Å². The van der Waals surface area contributed by atoms with Crippen LogP contribution in [0.25, 0.3) is 0 Å². The zero-order valence-electron chi connectivity index (χ0n) is 40.7. The summed E-state index contributed by atoms with van der Waals surface area (Å²) < 4.78 is 0. The van der Waals surface area contributed by atoms with E-state index in [0.717, 1.165) is 5.56 Å². The molecule has 0 aliphatic carbocycles. The van der Waals surface area contributed by atoms with Crippen molar-refractivity contribution in [2.45, 2.75) is 163 Å². The number of benzene rings is 1. The maximum absolute atomic E-state index is 14.3. The number of carbonyl (C=O) groups excluding carboxylic acids is 8. The van der Waals surface area contributed by atoms with Gasteiger partial charge in [-0.25, -0.2) is 4.79 Å². The first kappa shape index (κ1) is 56.5. The highest BCUT2D eigenvalue weighted by Crippen LogP contribution is 2.22. The highest BCUT2D eigenvalue weighted by molar-refractivity contribution is 5.98. The van der Waals surface area contributed by atoms with Crippen LogP contribution in [0.3, 0.4) is 0 Å². The van der Waals surface area contributed by atoms with E-state index >= 15 is 0 Å². The van der Waals surface area contributed by atoms with Crippen molar-refractivity contribution in [3.63, 3.8) is 0 Å². The molecule has 2 rings (SSSR count). The van der Waals surface area contributed by atoms with Crippen LogP contribution >= 0.6 is 0 Å². The van der Waals surface area contributed by atoms with Crippen molar-refractivity contribution < 1.29 is 48.3 Å². The second kappa shape index (κ2) is 27.1. The summed E-state index contributed by atoms with van der Waals surface area (Å²) in [5.41, 5.74) is 7.12. The molecule has 19 heteroatoms. The average molecular weight is 928 g/mol. The molecular formula is C47H77N9O10. The van der Waals surface area contributed by atoms with Gasteiger partial charge in [0.1, 0.15) is 42.3 Å². The van der Waals surface area contributed by atoms with Crippen LogP contribution < -0.4 is 43.0 Å². The van der Waals surface area contributed by atoms with Gasteiger partial charge >= 0.3 is 5.97 Å².